The van der Waals surface area contributed by atoms with Crippen molar-refractivity contribution in [1.29, 1.82) is 0 Å². The predicted molar refractivity (Wildman–Crippen MR) is 86.4 cm³/mol. The molecule has 112 valence electrons. The molecule has 0 rings (SSSR count). The number of hydrogen-bond donors (Lipinski definition) is 1. The van der Waals surface area contributed by atoms with E-state index in [1.165, 1.54) is 70.6 Å². The van der Waals surface area contributed by atoms with Crippen LogP contribution < -0.4 is 0 Å². The summed E-state index contributed by atoms with van der Waals surface area (Å²) in [7, 11) is 0. The van der Waals surface area contributed by atoms with E-state index in [0.29, 0.717) is 6.61 Å². The second kappa shape index (κ2) is 17.4. The van der Waals surface area contributed by atoms with Gasteiger partial charge in [0.25, 0.3) is 0 Å². The van der Waals surface area contributed by atoms with Gasteiger partial charge in [-0.25, -0.2) is 0 Å². The average molecular weight is 266 g/mol. The molecule has 0 unspecified atom stereocenters. The van der Waals surface area contributed by atoms with Gasteiger partial charge in [0, 0.05) is 6.61 Å². The first kappa shape index (κ1) is 18.4. The summed E-state index contributed by atoms with van der Waals surface area (Å²) >= 11 is 0. The molecule has 0 saturated heterocycles. The van der Waals surface area contributed by atoms with E-state index in [1.54, 1.807) is 0 Å². The van der Waals surface area contributed by atoms with Crippen LogP contribution in [0.5, 0.6) is 0 Å². The van der Waals surface area contributed by atoms with E-state index >= 15 is 0 Å². The predicted octanol–water partition coefficient (Wildman–Crippen LogP) is 5.79. The Morgan fingerprint density at radius 1 is 0.632 bits per heavy atom. The summed E-state index contributed by atoms with van der Waals surface area (Å²) in [5.41, 5.74) is 0. The molecular formula is C18H34O. The molecule has 0 spiro atoms. The first-order valence-electron chi connectivity index (χ1n) is 8.34. The van der Waals surface area contributed by atoms with Crippen LogP contribution in [0.3, 0.4) is 0 Å². The number of aliphatic hydroxyl groups is 1. The van der Waals surface area contributed by atoms with E-state index in [4.69, 9.17) is 5.11 Å². The molecule has 0 amide bonds. The first-order chi connectivity index (χ1) is 9.41. The zero-order chi connectivity index (χ0) is 14.0. The van der Waals surface area contributed by atoms with Crippen molar-refractivity contribution in [3.63, 3.8) is 0 Å². The van der Waals surface area contributed by atoms with Gasteiger partial charge in [-0.1, -0.05) is 76.2 Å². The maximum Gasteiger partial charge on any atom is 0.0431 e. The fourth-order valence-electron chi connectivity index (χ4n) is 2.12. The minimum atomic E-state index is 0.350. The summed E-state index contributed by atoms with van der Waals surface area (Å²) in [6.07, 6.45) is 24.2. The lowest BCUT2D eigenvalue weighted by atomic mass is 10.1. The molecule has 19 heavy (non-hydrogen) atoms. The van der Waals surface area contributed by atoms with Crippen molar-refractivity contribution in [2.45, 2.75) is 84.0 Å². The molecule has 0 aliphatic heterocycles. The molecule has 0 fully saturated rings. The maximum absolute atomic E-state index is 8.65. The average Bonchev–Trinajstić information content (AvgIpc) is 2.43. The third-order valence-electron chi connectivity index (χ3n) is 3.39. The van der Waals surface area contributed by atoms with Crippen LogP contribution >= 0.6 is 0 Å². The number of allylic oxidation sites excluding steroid dienone is 4. The minimum absolute atomic E-state index is 0.350. The van der Waals surface area contributed by atoms with Crippen molar-refractivity contribution >= 4 is 0 Å². The third kappa shape index (κ3) is 17.4. The third-order valence-corrected chi connectivity index (χ3v) is 3.39. The Hall–Kier alpha value is -0.560. The van der Waals surface area contributed by atoms with Gasteiger partial charge in [-0.05, 0) is 32.1 Å². The summed E-state index contributed by atoms with van der Waals surface area (Å²) in [6, 6.07) is 0. The monoisotopic (exact) mass is 266 g/mol. The van der Waals surface area contributed by atoms with Crippen LogP contribution in [0.2, 0.25) is 0 Å². The summed E-state index contributed by atoms with van der Waals surface area (Å²) in [6.45, 7) is 2.61. The minimum Gasteiger partial charge on any atom is -0.396 e. The van der Waals surface area contributed by atoms with E-state index in [-0.39, 0.29) is 0 Å². The molecule has 1 N–H and O–H groups in total. The number of aliphatic hydroxyl groups excluding tert-OH is 1. The van der Waals surface area contributed by atoms with Crippen molar-refractivity contribution in [2.75, 3.05) is 6.61 Å². The van der Waals surface area contributed by atoms with Crippen molar-refractivity contribution in [2.24, 2.45) is 0 Å². The second-order valence-electron chi connectivity index (χ2n) is 5.34. The molecule has 0 aliphatic carbocycles. The molecule has 0 saturated carbocycles. The largest absolute Gasteiger partial charge is 0.396 e. The second-order valence-corrected chi connectivity index (χ2v) is 5.34. The molecule has 0 atom stereocenters. The van der Waals surface area contributed by atoms with Crippen LogP contribution in [0, 0.1) is 0 Å². The van der Waals surface area contributed by atoms with E-state index < -0.39 is 0 Å². The zero-order valence-corrected chi connectivity index (χ0v) is 12.9. The van der Waals surface area contributed by atoms with Crippen LogP contribution in [0.15, 0.2) is 24.3 Å². The Bertz CT molecular complexity index is 206. The highest BCUT2D eigenvalue weighted by Crippen LogP contribution is 2.06. The zero-order valence-electron chi connectivity index (χ0n) is 12.9. The topological polar surface area (TPSA) is 20.2 Å². The molecule has 0 aliphatic rings. The Labute approximate surface area is 120 Å². The van der Waals surface area contributed by atoms with Crippen LogP contribution in [-0.4, -0.2) is 11.7 Å². The normalized spacial score (nSPS) is 11.9. The molecule has 0 aromatic heterocycles. The van der Waals surface area contributed by atoms with Gasteiger partial charge >= 0.3 is 0 Å². The summed E-state index contributed by atoms with van der Waals surface area (Å²) < 4.78 is 0. The highest BCUT2D eigenvalue weighted by Gasteiger charge is 1.88. The van der Waals surface area contributed by atoms with Gasteiger partial charge in [-0.2, -0.15) is 0 Å². The summed E-state index contributed by atoms with van der Waals surface area (Å²) in [5, 5.41) is 8.65. The van der Waals surface area contributed by atoms with E-state index in [0.717, 1.165) is 6.42 Å². The van der Waals surface area contributed by atoms with Gasteiger partial charge in [-0.3, -0.25) is 0 Å². The van der Waals surface area contributed by atoms with Crippen LogP contribution in [-0.2, 0) is 0 Å². The molecule has 0 aromatic carbocycles. The standard InChI is InChI=1S/C18H34O/c1-2-3-4-5-6-7-8-9-10-11-12-13-14-15-16-17-18-19/h8-11,19H,2-7,12-18H2,1H3. The first-order valence-corrected chi connectivity index (χ1v) is 8.34. The van der Waals surface area contributed by atoms with Crippen molar-refractivity contribution in [1.82, 2.24) is 0 Å². The highest BCUT2D eigenvalue weighted by atomic mass is 16.2. The lowest BCUT2D eigenvalue weighted by molar-refractivity contribution is 0.282. The van der Waals surface area contributed by atoms with Gasteiger partial charge in [0.2, 0.25) is 0 Å². The van der Waals surface area contributed by atoms with Crippen molar-refractivity contribution in [3.05, 3.63) is 24.3 Å². The van der Waals surface area contributed by atoms with Crippen LogP contribution in [0.1, 0.15) is 84.0 Å². The molecule has 0 radical (unpaired) electrons. The number of unbranched alkanes of at least 4 members (excludes halogenated alkanes) is 10. The van der Waals surface area contributed by atoms with Crippen LogP contribution in [0.4, 0.5) is 0 Å². The molecular weight excluding hydrogens is 232 g/mol. The molecule has 0 heterocycles. The fourth-order valence-corrected chi connectivity index (χ4v) is 2.12. The van der Waals surface area contributed by atoms with Gasteiger partial charge < -0.3 is 5.11 Å². The van der Waals surface area contributed by atoms with Crippen molar-refractivity contribution in [3.8, 4) is 0 Å². The Balaban J connectivity index is 3.15. The Kier molecular flexibility index (Phi) is 16.9. The van der Waals surface area contributed by atoms with Crippen LogP contribution in [0.25, 0.3) is 0 Å². The molecule has 0 aromatic rings. The Morgan fingerprint density at radius 3 is 1.63 bits per heavy atom. The smallest absolute Gasteiger partial charge is 0.0431 e. The number of hydrogen-bond acceptors (Lipinski definition) is 1. The van der Waals surface area contributed by atoms with Crippen molar-refractivity contribution < 1.29 is 5.11 Å². The molecule has 1 heteroatoms. The fraction of sp³-hybridized carbons (Fsp3) is 0.778. The SMILES string of the molecule is CCCCCCCC=CC=CCCCCCCCO. The van der Waals surface area contributed by atoms with E-state index in [2.05, 4.69) is 31.2 Å². The van der Waals surface area contributed by atoms with Gasteiger partial charge in [0.05, 0.1) is 0 Å². The van der Waals surface area contributed by atoms with E-state index in [9.17, 15) is 0 Å². The van der Waals surface area contributed by atoms with Gasteiger partial charge in [0.1, 0.15) is 0 Å². The number of rotatable bonds is 14. The lowest BCUT2D eigenvalue weighted by Crippen LogP contribution is -1.82. The highest BCUT2D eigenvalue weighted by molar-refractivity contribution is 5.02. The quantitative estimate of drug-likeness (QED) is 0.311. The Morgan fingerprint density at radius 2 is 1.11 bits per heavy atom. The summed E-state index contributed by atoms with van der Waals surface area (Å²) in [4.78, 5) is 0. The van der Waals surface area contributed by atoms with Gasteiger partial charge in [-0.15, -0.1) is 0 Å². The maximum atomic E-state index is 8.65. The molecule has 1 nitrogen and oxygen atoms in total. The molecule has 0 bridgehead atoms. The van der Waals surface area contributed by atoms with E-state index in [1.807, 2.05) is 0 Å². The lowest BCUT2D eigenvalue weighted by Gasteiger charge is -1.97. The summed E-state index contributed by atoms with van der Waals surface area (Å²) in [5.74, 6) is 0. The van der Waals surface area contributed by atoms with Gasteiger partial charge in [0.15, 0.2) is 0 Å².